The van der Waals surface area contributed by atoms with Crippen LogP contribution in [0.3, 0.4) is 0 Å². The van der Waals surface area contributed by atoms with Crippen molar-refractivity contribution in [2.24, 2.45) is 0 Å². The molecule has 0 bridgehead atoms. The van der Waals surface area contributed by atoms with E-state index in [-0.39, 0.29) is 86.3 Å². The van der Waals surface area contributed by atoms with Crippen LogP contribution in [0.4, 0.5) is 0 Å². The molecule has 0 nitrogen and oxygen atoms in total. The summed E-state index contributed by atoms with van der Waals surface area (Å²) < 4.78 is 0. The predicted octanol–water partition coefficient (Wildman–Crippen LogP) is -1.15. The van der Waals surface area contributed by atoms with Gasteiger partial charge in [-0.15, -0.1) is 0 Å². The van der Waals surface area contributed by atoms with Crippen LogP contribution in [0, 0.1) is 0 Å². The van der Waals surface area contributed by atoms with Gasteiger partial charge in [0.15, 0.2) is 0 Å². The number of rotatable bonds is 0. The van der Waals surface area contributed by atoms with Crippen molar-refractivity contribution in [3.05, 3.63) is 0 Å². The van der Waals surface area contributed by atoms with Gasteiger partial charge in [0.05, 0.1) is 0 Å². The molecular weight excluding hydrogens is 336 g/mol. The van der Waals surface area contributed by atoms with E-state index in [4.69, 9.17) is 0 Å². The van der Waals surface area contributed by atoms with E-state index in [1.54, 1.807) is 0 Å². The Morgan fingerprint density at radius 2 is 0.400 bits per heavy atom. The van der Waals surface area contributed by atoms with Crippen LogP contribution in [0.15, 0.2) is 0 Å². The van der Waals surface area contributed by atoms with Crippen molar-refractivity contribution in [1.82, 2.24) is 0 Å². The first-order chi connectivity index (χ1) is 0. The molecule has 0 aromatic carbocycles. The number of hydrogen-bond acceptors (Lipinski definition) is 0. The van der Waals surface area contributed by atoms with Gasteiger partial charge in [0.1, 0.15) is 0 Å². The minimum Gasteiger partial charge on any atom is 0 e. The summed E-state index contributed by atoms with van der Waals surface area (Å²) in [5.74, 6) is 0. The molecule has 5 heavy (non-hydrogen) atoms. The predicted molar refractivity (Wildman–Crippen MR) is 17.3 cm³/mol. The zero-order valence-electron chi connectivity index (χ0n) is 2.17. The molecule has 14 radical (unpaired) electrons. The van der Waals surface area contributed by atoms with Crippen LogP contribution in [0.1, 0.15) is 0 Å². The second-order valence-corrected chi connectivity index (χ2v) is 0. The monoisotopic (exact) mass is 340 g/mol. The van der Waals surface area contributed by atoms with Crippen molar-refractivity contribution in [3.8, 4) is 0 Å². The summed E-state index contributed by atoms with van der Waals surface area (Å²) >= 11 is 0. The molecule has 5 heteroatoms. The van der Waals surface area contributed by atoms with Crippen molar-refractivity contribution in [1.29, 1.82) is 0 Å². The van der Waals surface area contributed by atoms with E-state index >= 15 is 0 Å². The standard InChI is InChI=1S/2Co.3Ge. The Balaban J connectivity index is 0. The molecule has 30 valence electrons. The molecular formula is Co2Ge3. The average molecular weight is 336 g/mol. The maximum atomic E-state index is 0. The third-order valence-electron chi connectivity index (χ3n) is 0. The molecule has 0 saturated carbocycles. The molecule has 0 saturated heterocycles. The van der Waals surface area contributed by atoms with E-state index in [0.717, 1.165) is 0 Å². The third-order valence-corrected chi connectivity index (χ3v) is 0. The largest absolute Gasteiger partial charge is 0 e. The Morgan fingerprint density at radius 1 is 0.400 bits per heavy atom. The molecule has 0 spiro atoms. The third kappa shape index (κ3) is 20.5. The molecule has 0 aromatic heterocycles. The summed E-state index contributed by atoms with van der Waals surface area (Å²) in [5.41, 5.74) is 0. The average Bonchev–Trinajstić information content (AvgIpc) is 0. The zero-order valence-corrected chi connectivity index (χ0v) is 10.5. The SMILES string of the molecule is [Co].[Co].[Ge].[Ge].[Ge]. The Morgan fingerprint density at radius 3 is 0.400 bits per heavy atom. The van der Waals surface area contributed by atoms with Crippen molar-refractivity contribution in [2.75, 3.05) is 0 Å². The fraction of sp³-hybridized carbons (Fsp3) is 0. The smallest absolute Gasteiger partial charge is 0 e. The maximum absolute atomic E-state index is 0. The quantitative estimate of drug-likeness (QED) is 0.491. The van der Waals surface area contributed by atoms with Crippen molar-refractivity contribution in [3.63, 3.8) is 0 Å². The van der Waals surface area contributed by atoms with Crippen LogP contribution in [0.25, 0.3) is 0 Å². The van der Waals surface area contributed by atoms with E-state index in [1.165, 1.54) is 0 Å². The molecule has 0 unspecified atom stereocenters. The minimum absolute atomic E-state index is 0. The van der Waals surface area contributed by atoms with Crippen molar-refractivity contribution < 1.29 is 33.6 Å². The van der Waals surface area contributed by atoms with Crippen LogP contribution in [-0.2, 0) is 33.6 Å². The summed E-state index contributed by atoms with van der Waals surface area (Å²) in [6.45, 7) is 0. The van der Waals surface area contributed by atoms with Gasteiger partial charge in [0.2, 0.25) is 0 Å². The maximum Gasteiger partial charge on any atom is 0 e. The normalized spacial score (nSPS) is 0. The molecule has 0 heterocycles. The van der Waals surface area contributed by atoms with Crippen LogP contribution < -0.4 is 0 Å². The van der Waals surface area contributed by atoms with E-state index < -0.39 is 0 Å². The Labute approximate surface area is 85.3 Å². The molecule has 0 aliphatic carbocycles. The first-order valence-corrected chi connectivity index (χ1v) is 0. The van der Waals surface area contributed by atoms with Gasteiger partial charge in [0, 0.05) is 86.3 Å². The summed E-state index contributed by atoms with van der Waals surface area (Å²) in [6.07, 6.45) is 0. The number of hydrogen-bond donors (Lipinski definition) is 0. The molecule has 0 atom stereocenters. The first kappa shape index (κ1) is 48.3. The van der Waals surface area contributed by atoms with E-state index in [2.05, 4.69) is 0 Å². The molecule has 0 rings (SSSR count). The van der Waals surface area contributed by atoms with Gasteiger partial charge in [-0.2, -0.15) is 0 Å². The van der Waals surface area contributed by atoms with Crippen molar-refractivity contribution in [2.45, 2.75) is 0 Å². The molecule has 0 aromatic rings. The van der Waals surface area contributed by atoms with E-state index in [9.17, 15) is 0 Å². The molecule has 0 N–H and O–H groups in total. The topological polar surface area (TPSA) is 0 Å². The van der Waals surface area contributed by atoms with Gasteiger partial charge >= 0.3 is 0 Å². The molecule has 0 amide bonds. The Bertz CT molecular complexity index is 4.85. The van der Waals surface area contributed by atoms with Crippen LogP contribution in [-0.4, -0.2) is 52.8 Å². The van der Waals surface area contributed by atoms with Gasteiger partial charge in [-0.05, 0) is 0 Å². The Kier molecular flexibility index (Phi) is 293. The fourth-order valence-electron chi connectivity index (χ4n) is 0. The van der Waals surface area contributed by atoms with E-state index in [0.29, 0.717) is 0 Å². The summed E-state index contributed by atoms with van der Waals surface area (Å²) in [5, 5.41) is 0. The minimum atomic E-state index is 0. The van der Waals surface area contributed by atoms with Gasteiger partial charge in [-0.25, -0.2) is 0 Å². The van der Waals surface area contributed by atoms with Crippen LogP contribution >= 0.6 is 0 Å². The van der Waals surface area contributed by atoms with Crippen molar-refractivity contribution >= 4 is 52.8 Å². The molecule has 0 aliphatic rings. The molecule has 0 fully saturated rings. The fourth-order valence-corrected chi connectivity index (χ4v) is 0. The van der Waals surface area contributed by atoms with Gasteiger partial charge in [0.25, 0.3) is 0 Å². The van der Waals surface area contributed by atoms with Crippen LogP contribution in [0.2, 0.25) is 0 Å². The summed E-state index contributed by atoms with van der Waals surface area (Å²) in [7, 11) is 0. The van der Waals surface area contributed by atoms with E-state index in [1.807, 2.05) is 0 Å². The second kappa shape index (κ2) is 30.3. The van der Waals surface area contributed by atoms with Crippen LogP contribution in [0.5, 0.6) is 0 Å². The first-order valence-electron chi connectivity index (χ1n) is 0. The van der Waals surface area contributed by atoms with Gasteiger partial charge in [-0.3, -0.25) is 0 Å². The summed E-state index contributed by atoms with van der Waals surface area (Å²) in [6, 6.07) is 0. The van der Waals surface area contributed by atoms with Gasteiger partial charge in [-0.1, -0.05) is 0 Å². The zero-order chi connectivity index (χ0) is 0. The van der Waals surface area contributed by atoms with Gasteiger partial charge < -0.3 is 0 Å². The molecule has 0 aliphatic heterocycles. The second-order valence-electron chi connectivity index (χ2n) is 0. The Hall–Kier alpha value is 2.64. The summed E-state index contributed by atoms with van der Waals surface area (Å²) in [4.78, 5) is 0.